The summed E-state index contributed by atoms with van der Waals surface area (Å²) in [6, 6.07) is 0. The van der Waals surface area contributed by atoms with Gasteiger partial charge in [-0.25, -0.2) is 13.2 Å². The van der Waals surface area contributed by atoms with Gasteiger partial charge in [0.25, 0.3) is 5.41 Å². The van der Waals surface area contributed by atoms with Crippen LogP contribution < -0.4 is 5.11 Å². The Morgan fingerprint density at radius 3 is 0.880 bits per heavy atom. The maximum absolute atomic E-state index is 13.4. The van der Waals surface area contributed by atoms with Crippen LogP contribution in [0.1, 0.15) is 0 Å². The van der Waals surface area contributed by atoms with Gasteiger partial charge in [-0.1, -0.05) is 0 Å². The first-order valence-corrected chi connectivity index (χ1v) is 4.99. The van der Waals surface area contributed by atoms with Gasteiger partial charge in [0, 0.05) is 0 Å². The monoisotopic (exact) mass is 413 g/mol. The molecular weight excluding hydrogens is 413 g/mol. The highest BCUT2D eigenvalue weighted by Gasteiger charge is 2.97. The molecule has 0 saturated carbocycles. The summed E-state index contributed by atoms with van der Waals surface area (Å²) >= 11 is 0. The highest BCUT2D eigenvalue weighted by molar-refractivity contribution is 5.77. The van der Waals surface area contributed by atoms with Gasteiger partial charge in [-0.05, 0) is 0 Å². The summed E-state index contributed by atoms with van der Waals surface area (Å²) < 4.78 is 187. The van der Waals surface area contributed by atoms with Crippen molar-refractivity contribution in [3.63, 3.8) is 0 Å². The highest BCUT2D eigenvalue weighted by Crippen LogP contribution is 2.67. The fourth-order valence-electron chi connectivity index (χ4n) is 1.65. The molecule has 0 N–H and O–H groups in total. The highest BCUT2D eigenvalue weighted by atomic mass is 19.4. The molecule has 0 rings (SSSR count). The molecule has 0 bridgehead atoms. The zero-order valence-corrected chi connectivity index (χ0v) is 10.5. The second-order valence-electron chi connectivity index (χ2n) is 4.26. The number of hydrogen-bond acceptors (Lipinski definition) is 2. The number of alkyl halides is 15. The topological polar surface area (TPSA) is 40.1 Å². The van der Waals surface area contributed by atoms with Crippen LogP contribution in [0.25, 0.3) is 0 Å². The van der Waals surface area contributed by atoms with Crippen LogP contribution in [-0.4, -0.2) is 42.3 Å². The van der Waals surface area contributed by atoms with Crippen molar-refractivity contribution in [2.45, 2.75) is 36.3 Å². The van der Waals surface area contributed by atoms with Gasteiger partial charge < -0.3 is 9.90 Å². The van der Waals surface area contributed by atoms with Crippen LogP contribution in [0.4, 0.5) is 65.9 Å². The maximum Gasteiger partial charge on any atom is 0.437 e. The van der Waals surface area contributed by atoms with Crippen molar-refractivity contribution in [3.8, 4) is 0 Å². The number of carbonyl (C=O) groups excluding carboxylic acids is 1. The molecule has 0 heterocycles. The van der Waals surface area contributed by atoms with Gasteiger partial charge in [-0.2, -0.15) is 52.7 Å². The van der Waals surface area contributed by atoms with Crippen LogP contribution in [0.2, 0.25) is 0 Å². The Morgan fingerprint density at radius 1 is 0.520 bits per heavy atom. The van der Waals surface area contributed by atoms with Gasteiger partial charge in [0.1, 0.15) is 0 Å². The summed E-state index contributed by atoms with van der Waals surface area (Å²) in [5.41, 5.74) is -16.7. The molecule has 0 atom stereocenters. The molecule has 0 aromatic carbocycles. The van der Waals surface area contributed by atoms with Crippen LogP contribution in [0, 0.1) is 5.41 Å². The van der Waals surface area contributed by atoms with E-state index in [-0.39, 0.29) is 0 Å². The third kappa shape index (κ3) is 2.74. The van der Waals surface area contributed by atoms with Crippen molar-refractivity contribution in [1.29, 1.82) is 0 Å². The van der Waals surface area contributed by atoms with Crippen LogP contribution in [0.3, 0.4) is 0 Å². The molecule has 0 aromatic heterocycles. The fourth-order valence-corrected chi connectivity index (χ4v) is 1.65. The van der Waals surface area contributed by atoms with E-state index in [4.69, 9.17) is 0 Å². The molecule has 0 aliphatic carbocycles. The molecule has 0 aliphatic rings. The van der Waals surface area contributed by atoms with Crippen molar-refractivity contribution in [3.05, 3.63) is 0 Å². The zero-order valence-electron chi connectivity index (χ0n) is 10.5. The lowest BCUT2D eigenvalue weighted by Gasteiger charge is -2.48. The average molecular weight is 413 g/mol. The van der Waals surface area contributed by atoms with Gasteiger partial charge >= 0.3 is 36.3 Å². The Morgan fingerprint density at radius 2 is 0.760 bits per heavy atom. The Balaban J connectivity index is 7.43. The molecule has 0 fully saturated rings. The number of carboxylic acids is 1. The lowest BCUT2D eigenvalue weighted by molar-refractivity contribution is -0.477. The number of halogens is 15. The van der Waals surface area contributed by atoms with Crippen LogP contribution in [-0.2, 0) is 4.79 Å². The second-order valence-corrected chi connectivity index (χ2v) is 4.26. The molecule has 0 radical (unpaired) electrons. The normalized spacial score (nSPS) is 16.1. The van der Waals surface area contributed by atoms with Crippen LogP contribution >= 0.6 is 0 Å². The zero-order chi connectivity index (χ0) is 21.1. The Labute approximate surface area is 125 Å². The maximum atomic E-state index is 13.4. The van der Waals surface area contributed by atoms with E-state index >= 15 is 0 Å². The number of hydrogen-bond donors (Lipinski definition) is 0. The Kier molecular flexibility index (Phi) is 5.11. The fraction of sp³-hybridized carbons (Fsp3) is 0.875. The van der Waals surface area contributed by atoms with Gasteiger partial charge in [0.15, 0.2) is 0 Å². The molecule has 0 aliphatic heterocycles. The predicted molar refractivity (Wildman–Crippen MR) is 40.4 cm³/mol. The minimum Gasteiger partial charge on any atom is -0.549 e. The number of carbonyl (C=O) groups is 1. The van der Waals surface area contributed by atoms with Crippen LogP contribution in [0.15, 0.2) is 0 Å². The predicted octanol–water partition coefficient (Wildman–Crippen LogP) is 3.32. The van der Waals surface area contributed by atoms with Gasteiger partial charge in [0.05, 0.1) is 5.97 Å². The minimum atomic E-state index is -8.70. The lowest BCUT2D eigenvalue weighted by Crippen LogP contribution is -2.79. The molecule has 2 nitrogen and oxygen atoms in total. The van der Waals surface area contributed by atoms with Crippen molar-refractivity contribution >= 4 is 5.97 Å². The van der Waals surface area contributed by atoms with E-state index in [1.165, 1.54) is 0 Å². The summed E-state index contributed by atoms with van der Waals surface area (Å²) in [6.45, 7) is 0. The summed E-state index contributed by atoms with van der Waals surface area (Å²) in [5, 5.41) is 10.1. The third-order valence-electron chi connectivity index (χ3n) is 2.84. The van der Waals surface area contributed by atoms with Gasteiger partial charge in [-0.3, -0.25) is 0 Å². The SMILES string of the molecule is O=C([O-])C(C(F)(F)F)(C(F)(F)F)C(F)(F)C(F)(C(F)(F)F)C(F)(F)F. The van der Waals surface area contributed by atoms with Crippen molar-refractivity contribution in [2.75, 3.05) is 0 Å². The van der Waals surface area contributed by atoms with E-state index in [1.807, 2.05) is 0 Å². The molecule has 0 aromatic rings. The van der Waals surface area contributed by atoms with E-state index in [1.54, 1.807) is 0 Å². The molecule has 17 heteroatoms. The largest absolute Gasteiger partial charge is 0.549 e. The van der Waals surface area contributed by atoms with Gasteiger partial charge in [-0.15, -0.1) is 0 Å². The molecule has 0 unspecified atom stereocenters. The van der Waals surface area contributed by atoms with Crippen molar-refractivity contribution < 1.29 is 75.8 Å². The third-order valence-corrected chi connectivity index (χ3v) is 2.84. The van der Waals surface area contributed by atoms with Crippen molar-refractivity contribution in [1.82, 2.24) is 0 Å². The van der Waals surface area contributed by atoms with E-state index in [2.05, 4.69) is 0 Å². The molecule has 0 amide bonds. The molecule has 25 heavy (non-hydrogen) atoms. The quantitative estimate of drug-likeness (QED) is 0.667. The van der Waals surface area contributed by atoms with E-state index in [0.29, 0.717) is 0 Å². The Hall–Kier alpha value is -1.58. The summed E-state index contributed by atoms with van der Waals surface area (Å²) in [5.74, 6) is -13.9. The van der Waals surface area contributed by atoms with E-state index < -0.39 is 47.7 Å². The first-order valence-electron chi connectivity index (χ1n) is 4.99. The molecule has 150 valence electrons. The summed E-state index contributed by atoms with van der Waals surface area (Å²) in [7, 11) is 0. The Bertz CT molecular complexity index is 490. The van der Waals surface area contributed by atoms with Crippen molar-refractivity contribution in [2.24, 2.45) is 5.41 Å². The average Bonchev–Trinajstić information content (AvgIpc) is 2.18. The first-order chi connectivity index (χ1) is 10.4. The summed E-state index contributed by atoms with van der Waals surface area (Å²) in [6.07, 6.45) is -32.4. The first kappa shape index (κ1) is 23.4. The lowest BCUT2D eigenvalue weighted by atomic mass is 9.71. The minimum absolute atomic E-state index is 5.17. The van der Waals surface area contributed by atoms with Gasteiger partial charge in [0.2, 0.25) is 0 Å². The van der Waals surface area contributed by atoms with E-state index in [0.717, 1.165) is 0 Å². The summed E-state index contributed by atoms with van der Waals surface area (Å²) in [4.78, 5) is 10.1. The van der Waals surface area contributed by atoms with E-state index in [9.17, 15) is 75.8 Å². The number of aliphatic carboxylic acids is 1. The molecular formula is C8F15O2-. The molecule has 0 spiro atoms. The van der Waals surface area contributed by atoms with Crippen LogP contribution in [0.5, 0.6) is 0 Å². The number of carboxylic acid groups (broad SMARTS) is 1. The smallest absolute Gasteiger partial charge is 0.437 e. The molecule has 0 saturated heterocycles. The number of rotatable bonds is 3. The second kappa shape index (κ2) is 5.46. The standard InChI is InChI=1S/C8HF15O2/c9-3(7(18,19)20,8(21,22)23)4(10,11)2(1(24)25,5(12,13)14)6(15,16)17/h(H,24,25)/p-1.